The molecule has 1 aliphatic heterocycles. The van der Waals surface area contributed by atoms with Crippen LogP contribution in [0.2, 0.25) is 0 Å². The molecule has 0 bridgehead atoms. The number of ether oxygens (including phenoxy) is 1. The van der Waals surface area contributed by atoms with Crippen molar-refractivity contribution < 1.29 is 14.6 Å². The third-order valence-corrected chi connectivity index (χ3v) is 3.35. The quantitative estimate of drug-likeness (QED) is 0.850. The molecule has 3 nitrogen and oxygen atoms in total. The van der Waals surface area contributed by atoms with Crippen LogP contribution >= 0.6 is 0 Å². The Morgan fingerprint density at radius 1 is 1.35 bits per heavy atom. The zero-order chi connectivity index (χ0) is 12.3. The molecule has 0 spiro atoms. The molecule has 0 aromatic heterocycles. The van der Waals surface area contributed by atoms with Crippen LogP contribution in [0.1, 0.15) is 30.9 Å². The van der Waals surface area contributed by atoms with Crippen LogP contribution in [0.3, 0.4) is 0 Å². The second kappa shape index (κ2) is 4.88. The number of hydrogen-bond donors (Lipinski definition) is 1. The van der Waals surface area contributed by atoms with E-state index in [0.717, 1.165) is 18.4 Å². The van der Waals surface area contributed by atoms with Crippen molar-refractivity contribution in [2.24, 2.45) is 0 Å². The van der Waals surface area contributed by atoms with Gasteiger partial charge < -0.3 is 9.84 Å². The van der Waals surface area contributed by atoms with Crippen LogP contribution in [0.15, 0.2) is 24.3 Å². The topological polar surface area (TPSA) is 46.5 Å². The van der Waals surface area contributed by atoms with Gasteiger partial charge in [-0.2, -0.15) is 0 Å². The highest BCUT2D eigenvalue weighted by Gasteiger charge is 2.42. The number of carboxylic acid groups (broad SMARTS) is 1. The molecule has 0 saturated carbocycles. The van der Waals surface area contributed by atoms with Crippen LogP contribution in [0.4, 0.5) is 0 Å². The maximum absolute atomic E-state index is 10.9. The highest BCUT2D eigenvalue weighted by Crippen LogP contribution is 2.35. The molecule has 17 heavy (non-hydrogen) atoms. The third kappa shape index (κ3) is 2.50. The maximum Gasteiger partial charge on any atom is 0.304 e. The first-order valence-electron chi connectivity index (χ1n) is 6.05. The van der Waals surface area contributed by atoms with Gasteiger partial charge in [0.25, 0.3) is 0 Å². The maximum atomic E-state index is 10.9. The van der Waals surface area contributed by atoms with E-state index in [0.29, 0.717) is 13.2 Å². The lowest BCUT2D eigenvalue weighted by molar-refractivity contribution is -0.145. The Morgan fingerprint density at radius 2 is 2.00 bits per heavy atom. The molecule has 1 heterocycles. The number of carboxylic acids is 1. The molecule has 0 amide bonds. The SMILES string of the molecule is CCCc1ccc(C2(CC(=O)O)COC2)cc1. The normalized spacial score (nSPS) is 17.5. The molecule has 0 atom stereocenters. The second-order valence-electron chi connectivity index (χ2n) is 4.79. The zero-order valence-corrected chi connectivity index (χ0v) is 10.1. The molecule has 1 aliphatic rings. The van der Waals surface area contributed by atoms with E-state index in [-0.39, 0.29) is 11.8 Å². The molecule has 0 unspecified atom stereocenters. The lowest BCUT2D eigenvalue weighted by Gasteiger charge is -2.40. The summed E-state index contributed by atoms with van der Waals surface area (Å²) in [6.45, 7) is 3.19. The lowest BCUT2D eigenvalue weighted by atomic mass is 9.75. The molecular weight excluding hydrogens is 216 g/mol. The van der Waals surface area contributed by atoms with Crippen LogP contribution in [-0.2, 0) is 21.4 Å². The Hall–Kier alpha value is -1.35. The highest BCUT2D eigenvalue weighted by molar-refractivity contribution is 5.69. The summed E-state index contributed by atoms with van der Waals surface area (Å²) < 4.78 is 5.21. The monoisotopic (exact) mass is 234 g/mol. The van der Waals surface area contributed by atoms with E-state index in [9.17, 15) is 4.79 Å². The van der Waals surface area contributed by atoms with Crippen molar-refractivity contribution in [3.63, 3.8) is 0 Å². The van der Waals surface area contributed by atoms with Crippen LogP contribution in [0, 0.1) is 0 Å². The smallest absolute Gasteiger partial charge is 0.304 e. The van der Waals surface area contributed by atoms with E-state index in [1.807, 2.05) is 0 Å². The van der Waals surface area contributed by atoms with Gasteiger partial charge in [-0.3, -0.25) is 4.79 Å². The summed E-state index contributed by atoms with van der Waals surface area (Å²) in [5.41, 5.74) is 2.10. The fraction of sp³-hybridized carbons (Fsp3) is 0.500. The molecule has 1 fully saturated rings. The molecule has 2 rings (SSSR count). The fourth-order valence-electron chi connectivity index (χ4n) is 2.32. The van der Waals surface area contributed by atoms with Crippen molar-refractivity contribution in [1.29, 1.82) is 0 Å². The van der Waals surface area contributed by atoms with Crippen molar-refractivity contribution >= 4 is 5.97 Å². The van der Waals surface area contributed by atoms with Crippen LogP contribution < -0.4 is 0 Å². The van der Waals surface area contributed by atoms with E-state index in [1.54, 1.807) is 0 Å². The predicted octanol–water partition coefficient (Wildman–Crippen LogP) is 2.38. The molecule has 1 aromatic rings. The van der Waals surface area contributed by atoms with Crippen molar-refractivity contribution in [1.82, 2.24) is 0 Å². The third-order valence-electron chi connectivity index (χ3n) is 3.35. The van der Waals surface area contributed by atoms with Gasteiger partial charge in [0.1, 0.15) is 0 Å². The van der Waals surface area contributed by atoms with Crippen molar-refractivity contribution in [3.05, 3.63) is 35.4 Å². The van der Waals surface area contributed by atoms with Crippen molar-refractivity contribution in [3.8, 4) is 0 Å². The summed E-state index contributed by atoms with van der Waals surface area (Å²) in [4.78, 5) is 10.9. The van der Waals surface area contributed by atoms with Crippen LogP contribution in [0.25, 0.3) is 0 Å². The van der Waals surface area contributed by atoms with E-state index in [2.05, 4.69) is 31.2 Å². The number of hydrogen-bond acceptors (Lipinski definition) is 2. The van der Waals surface area contributed by atoms with E-state index in [4.69, 9.17) is 9.84 Å². The fourth-order valence-corrected chi connectivity index (χ4v) is 2.32. The van der Waals surface area contributed by atoms with Crippen LogP contribution in [0.5, 0.6) is 0 Å². The first-order chi connectivity index (χ1) is 8.16. The molecule has 0 aliphatic carbocycles. The highest BCUT2D eigenvalue weighted by atomic mass is 16.5. The number of carbonyl (C=O) groups is 1. The van der Waals surface area contributed by atoms with E-state index < -0.39 is 5.97 Å². The van der Waals surface area contributed by atoms with Gasteiger partial charge in [-0.1, -0.05) is 37.6 Å². The predicted molar refractivity (Wildman–Crippen MR) is 65.2 cm³/mol. The molecule has 1 saturated heterocycles. The first kappa shape index (κ1) is 12.1. The number of benzene rings is 1. The van der Waals surface area contributed by atoms with E-state index in [1.165, 1.54) is 5.56 Å². The largest absolute Gasteiger partial charge is 0.481 e. The summed E-state index contributed by atoms with van der Waals surface area (Å²) in [6, 6.07) is 8.30. The van der Waals surface area contributed by atoms with Crippen molar-refractivity contribution in [2.75, 3.05) is 13.2 Å². The molecular formula is C14H18O3. The molecule has 92 valence electrons. The average Bonchev–Trinajstić information content (AvgIpc) is 2.25. The van der Waals surface area contributed by atoms with Crippen molar-refractivity contribution in [2.45, 2.75) is 31.6 Å². The Morgan fingerprint density at radius 3 is 2.41 bits per heavy atom. The van der Waals surface area contributed by atoms with Crippen LogP contribution in [-0.4, -0.2) is 24.3 Å². The van der Waals surface area contributed by atoms with Gasteiger partial charge in [0, 0.05) is 0 Å². The van der Waals surface area contributed by atoms with Gasteiger partial charge in [-0.05, 0) is 17.5 Å². The Kier molecular flexibility index (Phi) is 3.48. The summed E-state index contributed by atoms with van der Waals surface area (Å²) in [5.74, 6) is -0.758. The summed E-state index contributed by atoms with van der Waals surface area (Å²) in [6.07, 6.45) is 2.35. The van der Waals surface area contributed by atoms with Gasteiger partial charge in [0.15, 0.2) is 0 Å². The van der Waals surface area contributed by atoms with Gasteiger partial charge in [-0.25, -0.2) is 0 Å². The Balaban J connectivity index is 2.17. The molecule has 1 aromatic carbocycles. The minimum absolute atomic E-state index is 0.153. The zero-order valence-electron chi connectivity index (χ0n) is 10.1. The number of aryl methyl sites for hydroxylation is 1. The lowest BCUT2D eigenvalue weighted by Crippen LogP contribution is -2.48. The standard InChI is InChI=1S/C14H18O3/c1-2-3-11-4-6-12(7-5-11)14(8-13(15)16)9-17-10-14/h4-7H,2-3,8-10H2,1H3,(H,15,16). The van der Waals surface area contributed by atoms with E-state index >= 15 is 0 Å². The van der Waals surface area contributed by atoms with Gasteiger partial charge >= 0.3 is 5.97 Å². The Labute approximate surface area is 101 Å². The Bertz CT molecular complexity index is 390. The molecule has 1 N–H and O–H groups in total. The minimum Gasteiger partial charge on any atom is -0.481 e. The molecule has 3 heteroatoms. The first-order valence-corrected chi connectivity index (χ1v) is 6.05. The minimum atomic E-state index is -0.758. The average molecular weight is 234 g/mol. The van der Waals surface area contributed by atoms with Gasteiger partial charge in [0.05, 0.1) is 25.0 Å². The summed E-state index contributed by atoms with van der Waals surface area (Å²) in [7, 11) is 0. The number of rotatable bonds is 5. The summed E-state index contributed by atoms with van der Waals surface area (Å²) in [5, 5.41) is 8.96. The summed E-state index contributed by atoms with van der Waals surface area (Å²) >= 11 is 0. The van der Waals surface area contributed by atoms with Gasteiger partial charge in [0.2, 0.25) is 0 Å². The second-order valence-corrected chi connectivity index (χ2v) is 4.79. The van der Waals surface area contributed by atoms with Gasteiger partial charge in [-0.15, -0.1) is 0 Å². The molecule has 0 radical (unpaired) electrons. The number of aliphatic carboxylic acids is 1.